The van der Waals surface area contributed by atoms with Crippen LogP contribution in [0.5, 0.6) is 0 Å². The van der Waals surface area contributed by atoms with E-state index in [2.05, 4.69) is 0 Å². The quantitative estimate of drug-likeness (QED) is 0.748. The normalized spacial score (nSPS) is 10.5. The first-order valence-corrected chi connectivity index (χ1v) is 5.18. The topological polar surface area (TPSA) is 26.3 Å². The lowest BCUT2D eigenvalue weighted by Crippen LogP contribution is -2.07. The summed E-state index contributed by atoms with van der Waals surface area (Å²) in [5.41, 5.74) is -0.133. The van der Waals surface area contributed by atoms with E-state index in [0.717, 1.165) is 6.07 Å². The summed E-state index contributed by atoms with van der Waals surface area (Å²) in [5, 5.41) is 0.618. The largest absolute Gasteiger partial charge is 0.462 e. The fraction of sp³-hybridized carbons (Fsp3) is 0.154. The molecule has 0 saturated carbocycles. The molecule has 0 aromatic heterocycles. The molecule has 4 heteroatoms. The van der Waals surface area contributed by atoms with Crippen LogP contribution in [0.15, 0.2) is 30.3 Å². The van der Waals surface area contributed by atoms with Gasteiger partial charge >= 0.3 is 5.97 Å². The molecule has 0 radical (unpaired) electrons. The Balaban J connectivity index is 2.58. The van der Waals surface area contributed by atoms with E-state index < -0.39 is 17.6 Å². The highest BCUT2D eigenvalue weighted by molar-refractivity contribution is 5.96. The third-order valence-corrected chi connectivity index (χ3v) is 2.41. The molecule has 0 aliphatic rings. The summed E-state index contributed by atoms with van der Waals surface area (Å²) in [6.45, 7) is 1.83. The molecule has 2 rings (SSSR count). The highest BCUT2D eigenvalue weighted by Crippen LogP contribution is 2.22. The van der Waals surface area contributed by atoms with Gasteiger partial charge in [0.2, 0.25) is 0 Å². The van der Waals surface area contributed by atoms with Crippen LogP contribution in [0.3, 0.4) is 0 Å². The number of esters is 1. The smallest absolute Gasteiger partial charge is 0.341 e. The average molecular weight is 236 g/mol. The molecule has 0 unspecified atom stereocenters. The Kier molecular flexibility index (Phi) is 3.04. The van der Waals surface area contributed by atoms with E-state index in [0.29, 0.717) is 5.39 Å². The van der Waals surface area contributed by atoms with Crippen LogP contribution in [0.1, 0.15) is 17.3 Å². The second-order valence-corrected chi connectivity index (χ2v) is 3.51. The van der Waals surface area contributed by atoms with Gasteiger partial charge in [-0.25, -0.2) is 13.6 Å². The van der Waals surface area contributed by atoms with Gasteiger partial charge < -0.3 is 4.74 Å². The zero-order valence-electron chi connectivity index (χ0n) is 9.17. The standard InChI is InChI=1S/C13H10F2O2/c1-2-17-13(16)11-5-3-8-7-9(14)4-6-10(8)12(11)15/h3-7H,2H2,1H3. The number of halogens is 2. The van der Waals surface area contributed by atoms with E-state index >= 15 is 0 Å². The lowest BCUT2D eigenvalue weighted by atomic mass is 10.1. The van der Waals surface area contributed by atoms with E-state index in [4.69, 9.17) is 4.74 Å². The molecule has 0 heterocycles. The molecule has 0 aliphatic heterocycles. The molecule has 88 valence electrons. The van der Waals surface area contributed by atoms with Crippen molar-refractivity contribution in [3.05, 3.63) is 47.5 Å². The maximum Gasteiger partial charge on any atom is 0.341 e. The first-order chi connectivity index (χ1) is 8.13. The Hall–Kier alpha value is -1.97. The van der Waals surface area contributed by atoms with Gasteiger partial charge in [-0.2, -0.15) is 0 Å². The fourth-order valence-corrected chi connectivity index (χ4v) is 1.63. The van der Waals surface area contributed by atoms with Crippen LogP contribution in [0.25, 0.3) is 10.8 Å². The Labute approximate surface area is 96.8 Å². The number of benzene rings is 2. The molecule has 0 fully saturated rings. The van der Waals surface area contributed by atoms with Crippen LogP contribution >= 0.6 is 0 Å². The number of rotatable bonds is 2. The summed E-state index contributed by atoms with van der Waals surface area (Å²) in [7, 11) is 0. The lowest BCUT2D eigenvalue weighted by molar-refractivity contribution is 0.0521. The molecule has 0 bridgehead atoms. The summed E-state index contributed by atoms with van der Waals surface area (Å²) < 4.78 is 31.6. The van der Waals surface area contributed by atoms with E-state index in [1.807, 2.05) is 0 Å². The average Bonchev–Trinajstić information content (AvgIpc) is 2.29. The molecule has 0 atom stereocenters. The molecule has 17 heavy (non-hydrogen) atoms. The van der Waals surface area contributed by atoms with Crippen molar-refractivity contribution in [1.29, 1.82) is 0 Å². The number of ether oxygens (including phenoxy) is 1. The Morgan fingerprint density at radius 3 is 2.71 bits per heavy atom. The number of hydrogen-bond donors (Lipinski definition) is 0. The van der Waals surface area contributed by atoms with Crippen LogP contribution in [0.2, 0.25) is 0 Å². The van der Waals surface area contributed by atoms with Crippen LogP contribution in [-0.2, 0) is 4.74 Å². The Morgan fingerprint density at radius 2 is 2.00 bits per heavy atom. The highest BCUT2D eigenvalue weighted by atomic mass is 19.1. The van der Waals surface area contributed by atoms with Crippen molar-refractivity contribution >= 4 is 16.7 Å². The van der Waals surface area contributed by atoms with E-state index in [1.165, 1.54) is 24.3 Å². The second-order valence-electron chi connectivity index (χ2n) is 3.51. The van der Waals surface area contributed by atoms with Crippen LogP contribution in [0.4, 0.5) is 8.78 Å². The summed E-state index contributed by atoms with van der Waals surface area (Å²) >= 11 is 0. The minimum atomic E-state index is -0.712. The lowest BCUT2D eigenvalue weighted by Gasteiger charge is -2.06. The van der Waals surface area contributed by atoms with Crippen molar-refractivity contribution in [2.24, 2.45) is 0 Å². The van der Waals surface area contributed by atoms with Crippen molar-refractivity contribution in [1.82, 2.24) is 0 Å². The maximum atomic E-state index is 14.0. The molecular weight excluding hydrogens is 226 g/mol. The summed E-state index contributed by atoms with van der Waals surface area (Å²) in [4.78, 5) is 11.4. The highest BCUT2D eigenvalue weighted by Gasteiger charge is 2.15. The number of fused-ring (bicyclic) bond motifs is 1. The minimum absolute atomic E-state index is 0.133. The zero-order chi connectivity index (χ0) is 12.4. The molecule has 0 saturated heterocycles. The predicted molar refractivity (Wildman–Crippen MR) is 59.8 cm³/mol. The van der Waals surface area contributed by atoms with Gasteiger partial charge in [-0.05, 0) is 36.6 Å². The van der Waals surface area contributed by atoms with Crippen molar-refractivity contribution in [3.63, 3.8) is 0 Å². The minimum Gasteiger partial charge on any atom is -0.462 e. The van der Waals surface area contributed by atoms with Crippen LogP contribution < -0.4 is 0 Å². The van der Waals surface area contributed by atoms with Crippen molar-refractivity contribution in [2.45, 2.75) is 6.92 Å². The second kappa shape index (κ2) is 4.49. The van der Waals surface area contributed by atoms with Crippen LogP contribution in [-0.4, -0.2) is 12.6 Å². The third kappa shape index (κ3) is 2.11. The van der Waals surface area contributed by atoms with Gasteiger partial charge in [0.15, 0.2) is 0 Å². The van der Waals surface area contributed by atoms with Gasteiger partial charge in [0.25, 0.3) is 0 Å². The van der Waals surface area contributed by atoms with E-state index in [-0.39, 0.29) is 17.6 Å². The van der Waals surface area contributed by atoms with Gasteiger partial charge in [-0.15, -0.1) is 0 Å². The molecular formula is C13H10F2O2. The Bertz CT molecular complexity index is 579. The monoisotopic (exact) mass is 236 g/mol. The molecule has 0 N–H and O–H groups in total. The van der Waals surface area contributed by atoms with E-state index in [1.54, 1.807) is 6.92 Å². The third-order valence-electron chi connectivity index (χ3n) is 2.41. The summed E-state index contributed by atoms with van der Waals surface area (Å²) in [6, 6.07) is 6.47. The zero-order valence-corrected chi connectivity index (χ0v) is 9.17. The first-order valence-electron chi connectivity index (χ1n) is 5.18. The molecule has 0 spiro atoms. The number of carbonyl (C=O) groups is 1. The fourth-order valence-electron chi connectivity index (χ4n) is 1.63. The molecule has 0 aliphatic carbocycles. The molecule has 2 aromatic rings. The predicted octanol–water partition coefficient (Wildman–Crippen LogP) is 3.29. The van der Waals surface area contributed by atoms with Crippen molar-refractivity contribution in [3.8, 4) is 0 Å². The number of hydrogen-bond acceptors (Lipinski definition) is 2. The summed E-state index contributed by atoms with van der Waals surface area (Å²) in [5.74, 6) is -1.84. The maximum absolute atomic E-state index is 14.0. The van der Waals surface area contributed by atoms with Crippen molar-refractivity contribution < 1.29 is 18.3 Å². The van der Waals surface area contributed by atoms with E-state index in [9.17, 15) is 13.6 Å². The van der Waals surface area contributed by atoms with Gasteiger partial charge in [0, 0.05) is 5.39 Å². The molecule has 2 aromatic carbocycles. The summed E-state index contributed by atoms with van der Waals surface area (Å²) in [6.07, 6.45) is 0. The molecule has 0 amide bonds. The van der Waals surface area contributed by atoms with Crippen LogP contribution in [0, 0.1) is 11.6 Å². The Morgan fingerprint density at radius 1 is 1.24 bits per heavy atom. The van der Waals surface area contributed by atoms with Gasteiger partial charge in [0.1, 0.15) is 11.6 Å². The van der Waals surface area contributed by atoms with Gasteiger partial charge in [-0.1, -0.05) is 6.07 Å². The number of carbonyl (C=O) groups excluding carboxylic acids is 1. The van der Waals surface area contributed by atoms with Gasteiger partial charge in [0.05, 0.1) is 12.2 Å². The van der Waals surface area contributed by atoms with Gasteiger partial charge in [-0.3, -0.25) is 0 Å². The van der Waals surface area contributed by atoms with Crippen molar-refractivity contribution in [2.75, 3.05) is 6.61 Å². The SMILES string of the molecule is CCOC(=O)c1ccc2cc(F)ccc2c1F. The first kappa shape index (κ1) is 11.5. The molecule has 2 nitrogen and oxygen atoms in total.